The lowest BCUT2D eigenvalue weighted by Gasteiger charge is -2.12. The molecule has 1 atom stereocenters. The second-order valence-electron chi connectivity index (χ2n) is 4.55. The fourth-order valence-electron chi connectivity index (χ4n) is 1.78. The van der Waals surface area contributed by atoms with Crippen molar-refractivity contribution in [3.8, 4) is 0 Å². The van der Waals surface area contributed by atoms with Gasteiger partial charge in [-0.05, 0) is 36.2 Å². The molecule has 7 heteroatoms. The van der Waals surface area contributed by atoms with Crippen LogP contribution in [-0.2, 0) is 10.0 Å². The first-order valence-electron chi connectivity index (χ1n) is 6.42. The van der Waals surface area contributed by atoms with Gasteiger partial charge in [0.1, 0.15) is 5.82 Å². The molecule has 0 saturated carbocycles. The van der Waals surface area contributed by atoms with Crippen LogP contribution in [0.15, 0.2) is 47.5 Å². The average molecular weight is 326 g/mol. The lowest BCUT2D eigenvalue weighted by atomic mass is 10.1. The van der Waals surface area contributed by atoms with Crippen LogP contribution in [-0.4, -0.2) is 13.4 Å². The summed E-state index contributed by atoms with van der Waals surface area (Å²) in [6, 6.07) is 9.46. The highest BCUT2D eigenvalue weighted by Gasteiger charge is 2.16. The number of rotatable bonds is 5. The van der Waals surface area contributed by atoms with Gasteiger partial charge in [-0.25, -0.2) is 13.4 Å². The Morgan fingerprint density at radius 1 is 1.33 bits per heavy atom. The van der Waals surface area contributed by atoms with Crippen LogP contribution in [0.3, 0.4) is 0 Å². The summed E-state index contributed by atoms with van der Waals surface area (Å²) in [5.74, 6) is 0.213. The second-order valence-corrected chi connectivity index (χ2v) is 6.67. The van der Waals surface area contributed by atoms with Crippen molar-refractivity contribution in [1.29, 1.82) is 0 Å². The number of hydrogen-bond acceptors (Lipinski definition) is 4. The Balaban J connectivity index is 2.29. The normalized spacial score (nSPS) is 12.9. The van der Waals surface area contributed by atoms with Crippen LogP contribution in [0.25, 0.3) is 0 Å². The number of sulfonamides is 1. The van der Waals surface area contributed by atoms with Gasteiger partial charge in [-0.3, -0.25) is 4.72 Å². The van der Waals surface area contributed by atoms with E-state index in [1.807, 2.05) is 13.0 Å². The Morgan fingerprint density at radius 3 is 2.71 bits per heavy atom. The molecule has 0 aliphatic carbocycles. The number of benzene rings is 1. The predicted octanol–water partition coefficient (Wildman–Crippen LogP) is 2.95. The van der Waals surface area contributed by atoms with Gasteiger partial charge in [-0.2, -0.15) is 0 Å². The molecule has 0 amide bonds. The van der Waals surface area contributed by atoms with Crippen LogP contribution in [0, 0.1) is 0 Å². The Labute approximate surface area is 129 Å². The van der Waals surface area contributed by atoms with Crippen molar-refractivity contribution in [2.45, 2.75) is 24.3 Å². The van der Waals surface area contributed by atoms with E-state index >= 15 is 0 Å². The number of nitrogens with two attached hydrogens (primary N) is 1. The monoisotopic (exact) mass is 325 g/mol. The molecule has 0 aliphatic rings. The third-order valence-corrected chi connectivity index (χ3v) is 4.58. The van der Waals surface area contributed by atoms with E-state index in [2.05, 4.69) is 9.71 Å². The van der Waals surface area contributed by atoms with Crippen molar-refractivity contribution in [1.82, 2.24) is 4.98 Å². The molecule has 0 radical (unpaired) electrons. The van der Waals surface area contributed by atoms with E-state index < -0.39 is 10.0 Å². The zero-order valence-electron chi connectivity index (χ0n) is 11.5. The van der Waals surface area contributed by atoms with Gasteiger partial charge in [0.2, 0.25) is 0 Å². The molecule has 112 valence electrons. The summed E-state index contributed by atoms with van der Waals surface area (Å²) in [5.41, 5.74) is 6.72. The first-order chi connectivity index (χ1) is 9.92. The topological polar surface area (TPSA) is 85.1 Å². The highest BCUT2D eigenvalue weighted by Crippen LogP contribution is 2.20. The van der Waals surface area contributed by atoms with Gasteiger partial charge in [0, 0.05) is 12.2 Å². The van der Waals surface area contributed by atoms with Crippen molar-refractivity contribution >= 4 is 27.4 Å². The van der Waals surface area contributed by atoms with E-state index in [1.54, 1.807) is 18.2 Å². The molecule has 2 aromatic rings. The van der Waals surface area contributed by atoms with Crippen molar-refractivity contribution in [2.75, 3.05) is 4.72 Å². The van der Waals surface area contributed by atoms with Gasteiger partial charge in [0.15, 0.2) is 0 Å². The van der Waals surface area contributed by atoms with Crippen LogP contribution in [0.5, 0.6) is 0 Å². The number of hydrogen-bond donors (Lipinski definition) is 2. The molecule has 0 aliphatic heterocycles. The van der Waals surface area contributed by atoms with Crippen molar-refractivity contribution < 1.29 is 8.42 Å². The quantitative estimate of drug-likeness (QED) is 0.885. The minimum Gasteiger partial charge on any atom is -0.324 e. The summed E-state index contributed by atoms with van der Waals surface area (Å²) >= 11 is 5.72. The zero-order valence-corrected chi connectivity index (χ0v) is 13.0. The molecule has 0 bridgehead atoms. The summed E-state index contributed by atoms with van der Waals surface area (Å²) in [4.78, 5) is 4.07. The maximum absolute atomic E-state index is 12.3. The SMILES string of the molecule is CCC(N)c1cccc(S(=O)(=O)Nc2ccc(Cl)cn2)c1. The summed E-state index contributed by atoms with van der Waals surface area (Å²) in [6.45, 7) is 1.95. The smallest absolute Gasteiger partial charge is 0.263 e. The van der Waals surface area contributed by atoms with E-state index in [9.17, 15) is 8.42 Å². The fourth-order valence-corrected chi connectivity index (χ4v) is 2.96. The molecule has 1 unspecified atom stereocenters. The van der Waals surface area contributed by atoms with Crippen molar-refractivity contribution in [3.63, 3.8) is 0 Å². The molecule has 1 aromatic carbocycles. The molecule has 21 heavy (non-hydrogen) atoms. The van der Waals surface area contributed by atoms with Gasteiger partial charge < -0.3 is 5.73 Å². The largest absolute Gasteiger partial charge is 0.324 e. The Hall–Kier alpha value is -1.63. The highest BCUT2D eigenvalue weighted by atomic mass is 35.5. The first-order valence-corrected chi connectivity index (χ1v) is 8.28. The van der Waals surface area contributed by atoms with Gasteiger partial charge in [-0.15, -0.1) is 0 Å². The fraction of sp³-hybridized carbons (Fsp3) is 0.214. The molecular formula is C14H16ClN3O2S. The van der Waals surface area contributed by atoms with E-state index in [0.29, 0.717) is 5.02 Å². The Morgan fingerprint density at radius 2 is 2.10 bits per heavy atom. The highest BCUT2D eigenvalue weighted by molar-refractivity contribution is 7.92. The third kappa shape index (κ3) is 3.93. The van der Waals surface area contributed by atoms with Crippen LogP contribution >= 0.6 is 11.6 Å². The Bertz CT molecular complexity index is 717. The van der Waals surface area contributed by atoms with E-state index in [4.69, 9.17) is 17.3 Å². The maximum Gasteiger partial charge on any atom is 0.263 e. The minimum atomic E-state index is -3.70. The van der Waals surface area contributed by atoms with Crippen LogP contribution < -0.4 is 10.5 Å². The van der Waals surface area contributed by atoms with E-state index in [0.717, 1.165) is 12.0 Å². The molecule has 0 saturated heterocycles. The van der Waals surface area contributed by atoms with Crippen LogP contribution in [0.4, 0.5) is 5.82 Å². The number of pyridine rings is 1. The van der Waals surface area contributed by atoms with Gasteiger partial charge >= 0.3 is 0 Å². The number of anilines is 1. The number of nitrogens with one attached hydrogen (secondary N) is 1. The molecule has 3 N–H and O–H groups in total. The van der Waals surface area contributed by atoms with Crippen LogP contribution in [0.1, 0.15) is 24.9 Å². The summed E-state index contributed by atoms with van der Waals surface area (Å²) in [5, 5.41) is 0.439. The lowest BCUT2D eigenvalue weighted by molar-refractivity contribution is 0.600. The standard InChI is InChI=1S/C14H16ClN3O2S/c1-2-13(16)10-4-3-5-12(8-10)21(19,20)18-14-7-6-11(15)9-17-14/h3-9,13H,2,16H2,1H3,(H,17,18). The lowest BCUT2D eigenvalue weighted by Crippen LogP contribution is -2.15. The summed E-state index contributed by atoms with van der Waals surface area (Å²) in [6.07, 6.45) is 2.11. The van der Waals surface area contributed by atoms with E-state index in [1.165, 1.54) is 18.3 Å². The molecule has 5 nitrogen and oxygen atoms in total. The molecule has 0 spiro atoms. The molecule has 1 heterocycles. The maximum atomic E-state index is 12.3. The number of halogens is 1. The molecule has 1 aromatic heterocycles. The molecular weight excluding hydrogens is 310 g/mol. The van der Waals surface area contributed by atoms with Gasteiger partial charge in [0.25, 0.3) is 10.0 Å². The summed E-state index contributed by atoms with van der Waals surface area (Å²) < 4.78 is 27.1. The number of aromatic nitrogens is 1. The van der Waals surface area contributed by atoms with Crippen LogP contribution in [0.2, 0.25) is 5.02 Å². The number of nitrogens with zero attached hydrogens (tertiary/aromatic N) is 1. The van der Waals surface area contributed by atoms with Gasteiger partial charge in [-0.1, -0.05) is 30.7 Å². The predicted molar refractivity (Wildman–Crippen MR) is 83.7 cm³/mol. The molecule has 2 rings (SSSR count). The van der Waals surface area contributed by atoms with Crippen molar-refractivity contribution in [3.05, 3.63) is 53.2 Å². The third-order valence-electron chi connectivity index (χ3n) is 3.00. The second kappa shape index (κ2) is 6.43. The molecule has 0 fully saturated rings. The average Bonchev–Trinajstić information content (AvgIpc) is 2.49. The van der Waals surface area contributed by atoms with Gasteiger partial charge in [0.05, 0.1) is 9.92 Å². The summed E-state index contributed by atoms with van der Waals surface area (Å²) in [7, 11) is -3.70. The minimum absolute atomic E-state index is 0.153. The Kier molecular flexibility index (Phi) is 4.82. The zero-order chi connectivity index (χ0) is 15.5. The first kappa shape index (κ1) is 15.8. The van der Waals surface area contributed by atoms with E-state index in [-0.39, 0.29) is 16.8 Å². The van der Waals surface area contributed by atoms with Crippen molar-refractivity contribution in [2.24, 2.45) is 5.73 Å².